The number of carbonyl (C=O) groups excluding carboxylic acids is 4. The van der Waals surface area contributed by atoms with Gasteiger partial charge in [-0.25, -0.2) is 29.1 Å². The van der Waals surface area contributed by atoms with Crippen LogP contribution in [0.25, 0.3) is 0 Å². The molecule has 0 saturated heterocycles. The number of halogens is 1. The van der Waals surface area contributed by atoms with E-state index in [9.17, 15) is 19.2 Å². The minimum Gasteiger partial charge on any atom is -0.458 e. The second-order valence-electron chi connectivity index (χ2n) is 8.10. The molecule has 0 N–H and O–H groups in total. The summed E-state index contributed by atoms with van der Waals surface area (Å²) < 4.78 is 20.7. The van der Waals surface area contributed by atoms with Crippen LogP contribution in [0.15, 0.2) is 54.6 Å². The monoisotopic (exact) mass is 526 g/mol. The van der Waals surface area contributed by atoms with Gasteiger partial charge in [0.25, 0.3) is 0 Å². The first kappa shape index (κ1) is 27.3. The molecule has 2 heterocycles. The topological polar surface area (TPSA) is 131 Å². The lowest BCUT2D eigenvalue weighted by Crippen LogP contribution is -2.17. The van der Waals surface area contributed by atoms with Crippen molar-refractivity contribution in [2.24, 2.45) is 0 Å². The number of pyridine rings is 2. The van der Waals surface area contributed by atoms with Gasteiger partial charge in [-0.2, -0.15) is 0 Å². The number of benzene rings is 1. The van der Waals surface area contributed by atoms with E-state index in [-0.39, 0.29) is 51.5 Å². The van der Waals surface area contributed by atoms with Gasteiger partial charge >= 0.3 is 23.9 Å². The summed E-state index contributed by atoms with van der Waals surface area (Å²) in [5.74, 6) is -3.03. The van der Waals surface area contributed by atoms with E-state index in [0.717, 1.165) is 0 Å². The molecule has 2 aromatic heterocycles. The van der Waals surface area contributed by atoms with Gasteiger partial charge in [0.2, 0.25) is 0 Å². The zero-order chi connectivity index (χ0) is 27.1. The van der Waals surface area contributed by atoms with Gasteiger partial charge in [0.15, 0.2) is 0 Å². The van der Waals surface area contributed by atoms with Crippen molar-refractivity contribution >= 4 is 35.5 Å². The second-order valence-corrected chi connectivity index (χ2v) is 8.50. The highest BCUT2D eigenvalue weighted by Crippen LogP contribution is 2.30. The van der Waals surface area contributed by atoms with E-state index in [1.807, 2.05) is 0 Å². The van der Waals surface area contributed by atoms with E-state index < -0.39 is 23.9 Å². The first-order valence-electron chi connectivity index (χ1n) is 11.1. The van der Waals surface area contributed by atoms with Gasteiger partial charge in [-0.15, -0.1) is 0 Å². The van der Waals surface area contributed by atoms with Gasteiger partial charge in [-0.05, 0) is 64.1 Å². The van der Waals surface area contributed by atoms with E-state index in [1.54, 1.807) is 27.7 Å². The van der Waals surface area contributed by atoms with Crippen molar-refractivity contribution in [1.29, 1.82) is 0 Å². The maximum absolute atomic E-state index is 12.5. The lowest BCUT2D eigenvalue weighted by molar-refractivity contribution is 0.0359. The molecule has 0 atom stereocenters. The zero-order valence-corrected chi connectivity index (χ0v) is 21.1. The Hall–Kier alpha value is -4.31. The minimum atomic E-state index is -0.861. The number of hydrogen-bond acceptors (Lipinski definition) is 10. The third-order valence-corrected chi connectivity index (χ3v) is 4.63. The van der Waals surface area contributed by atoms with Crippen LogP contribution in [0.3, 0.4) is 0 Å². The Kier molecular flexibility index (Phi) is 8.91. The van der Waals surface area contributed by atoms with E-state index in [0.29, 0.717) is 0 Å². The van der Waals surface area contributed by atoms with Gasteiger partial charge in [0, 0.05) is 6.07 Å². The Balaban J connectivity index is 1.68. The molecule has 1 aromatic carbocycles. The van der Waals surface area contributed by atoms with E-state index in [1.165, 1.54) is 54.6 Å². The molecule has 10 nitrogen and oxygen atoms in total. The van der Waals surface area contributed by atoms with Crippen LogP contribution < -0.4 is 9.47 Å². The average molecular weight is 527 g/mol. The summed E-state index contributed by atoms with van der Waals surface area (Å²) in [7, 11) is 0. The molecule has 192 valence electrons. The van der Waals surface area contributed by atoms with Crippen molar-refractivity contribution in [3.05, 3.63) is 82.4 Å². The Morgan fingerprint density at radius 3 is 1.51 bits per heavy atom. The van der Waals surface area contributed by atoms with Gasteiger partial charge in [0.1, 0.15) is 34.3 Å². The minimum absolute atomic E-state index is 0.0278. The standard InChI is InChI=1S/C26H23ClN2O8/c1-14(2)34-23(30)18-7-5-9-20(28-18)25(32)36-16-11-12-22(17(27)13-16)37-26(33)21-10-6-8-19(29-21)24(31)35-15(3)4/h5-15H,1-4H3. The fourth-order valence-corrected chi connectivity index (χ4v) is 3.02. The molecule has 0 aliphatic rings. The first-order valence-corrected chi connectivity index (χ1v) is 11.5. The van der Waals surface area contributed by atoms with Gasteiger partial charge in [-0.3, -0.25) is 0 Å². The molecule has 0 unspecified atom stereocenters. The number of aromatic nitrogens is 2. The summed E-state index contributed by atoms with van der Waals surface area (Å²) >= 11 is 6.20. The fourth-order valence-electron chi connectivity index (χ4n) is 2.81. The lowest BCUT2D eigenvalue weighted by Gasteiger charge is -2.10. The molecule has 3 rings (SSSR count). The molecule has 0 fully saturated rings. The summed E-state index contributed by atoms with van der Waals surface area (Å²) in [6, 6.07) is 12.5. The Morgan fingerprint density at radius 1 is 0.649 bits per heavy atom. The predicted molar refractivity (Wildman–Crippen MR) is 131 cm³/mol. The Bertz CT molecular complexity index is 1340. The number of esters is 4. The Morgan fingerprint density at radius 2 is 1.08 bits per heavy atom. The number of ether oxygens (including phenoxy) is 4. The van der Waals surface area contributed by atoms with Crippen LogP contribution in [0.5, 0.6) is 11.5 Å². The van der Waals surface area contributed by atoms with Crippen LogP contribution in [-0.4, -0.2) is 46.1 Å². The number of carbonyl (C=O) groups is 4. The molecule has 0 radical (unpaired) electrons. The van der Waals surface area contributed by atoms with Crippen LogP contribution in [0.4, 0.5) is 0 Å². The highest BCUT2D eigenvalue weighted by Gasteiger charge is 2.19. The quantitative estimate of drug-likeness (QED) is 0.300. The maximum atomic E-state index is 12.5. The first-order chi connectivity index (χ1) is 17.5. The highest BCUT2D eigenvalue weighted by molar-refractivity contribution is 6.32. The van der Waals surface area contributed by atoms with Gasteiger partial charge < -0.3 is 18.9 Å². The van der Waals surface area contributed by atoms with Crippen molar-refractivity contribution in [2.75, 3.05) is 0 Å². The number of hydrogen-bond donors (Lipinski definition) is 0. The summed E-state index contributed by atoms with van der Waals surface area (Å²) in [5, 5.41) is -0.0313. The number of rotatable bonds is 8. The van der Waals surface area contributed by atoms with E-state index in [2.05, 4.69) is 9.97 Å². The second kappa shape index (κ2) is 12.1. The van der Waals surface area contributed by atoms with Crippen molar-refractivity contribution in [2.45, 2.75) is 39.9 Å². The van der Waals surface area contributed by atoms with Crippen molar-refractivity contribution < 1.29 is 38.1 Å². The van der Waals surface area contributed by atoms with Crippen molar-refractivity contribution in [3.63, 3.8) is 0 Å². The molecule has 3 aromatic rings. The van der Waals surface area contributed by atoms with Crippen LogP contribution in [0.2, 0.25) is 5.02 Å². The van der Waals surface area contributed by atoms with Crippen LogP contribution in [-0.2, 0) is 9.47 Å². The summed E-state index contributed by atoms with van der Waals surface area (Å²) in [4.78, 5) is 57.1. The molecule has 0 aliphatic heterocycles. The van der Waals surface area contributed by atoms with Gasteiger partial charge in [0.05, 0.1) is 17.2 Å². The number of nitrogens with zero attached hydrogens (tertiary/aromatic N) is 2. The molecular weight excluding hydrogens is 504 g/mol. The molecule has 0 saturated carbocycles. The molecule has 0 amide bonds. The maximum Gasteiger partial charge on any atom is 0.362 e. The van der Waals surface area contributed by atoms with E-state index >= 15 is 0 Å². The molecule has 11 heteroatoms. The fraction of sp³-hybridized carbons (Fsp3) is 0.231. The molecule has 0 aliphatic carbocycles. The average Bonchev–Trinajstić information content (AvgIpc) is 2.85. The smallest absolute Gasteiger partial charge is 0.362 e. The van der Waals surface area contributed by atoms with Crippen molar-refractivity contribution in [3.8, 4) is 11.5 Å². The SMILES string of the molecule is CC(C)OC(=O)c1cccc(C(=O)Oc2ccc(OC(=O)c3cccc(C(=O)OC(C)C)n3)c(Cl)c2)n1. The van der Waals surface area contributed by atoms with Crippen molar-refractivity contribution in [1.82, 2.24) is 9.97 Å². The van der Waals surface area contributed by atoms with E-state index in [4.69, 9.17) is 30.5 Å². The normalized spacial score (nSPS) is 10.7. The zero-order valence-electron chi connectivity index (χ0n) is 20.4. The van der Waals surface area contributed by atoms with Crippen LogP contribution >= 0.6 is 11.6 Å². The molecule has 0 spiro atoms. The molecule has 0 bridgehead atoms. The summed E-state index contributed by atoms with van der Waals surface area (Å²) in [6.07, 6.45) is -0.696. The Labute approximate surface area is 217 Å². The highest BCUT2D eigenvalue weighted by atomic mass is 35.5. The third-order valence-electron chi connectivity index (χ3n) is 4.34. The predicted octanol–water partition coefficient (Wildman–Crippen LogP) is 4.70. The van der Waals surface area contributed by atoms with Gasteiger partial charge in [-0.1, -0.05) is 23.7 Å². The largest absolute Gasteiger partial charge is 0.458 e. The van der Waals surface area contributed by atoms with Crippen LogP contribution in [0, 0.1) is 0 Å². The lowest BCUT2D eigenvalue weighted by atomic mass is 10.3. The van der Waals surface area contributed by atoms with Crippen LogP contribution in [0.1, 0.15) is 69.6 Å². The molecular formula is C26H23ClN2O8. The summed E-state index contributed by atoms with van der Waals surface area (Å²) in [6.45, 7) is 6.77. The summed E-state index contributed by atoms with van der Waals surface area (Å²) in [5.41, 5.74) is -0.344. The third kappa shape index (κ3) is 7.58. The molecule has 37 heavy (non-hydrogen) atoms.